The number of likely N-dealkylation sites (tertiary alicyclic amines) is 1. The van der Waals surface area contributed by atoms with Crippen LogP contribution < -0.4 is 10.1 Å². The number of halogens is 2. The molecule has 0 aliphatic carbocycles. The van der Waals surface area contributed by atoms with Crippen molar-refractivity contribution in [1.29, 1.82) is 0 Å². The SMILES string of the molecule is CC(C(=O)N1CCC(Oc2ccc(F)cc2)CC1)C1CNC1.Cl. The number of carbonyl (C=O) groups excluding carboxylic acids is 1. The lowest BCUT2D eigenvalue weighted by Gasteiger charge is -2.38. The van der Waals surface area contributed by atoms with Crippen LogP contribution in [0.1, 0.15) is 19.8 Å². The average molecular weight is 343 g/mol. The second-order valence-corrected chi connectivity index (χ2v) is 6.30. The Morgan fingerprint density at radius 2 is 1.87 bits per heavy atom. The van der Waals surface area contributed by atoms with Gasteiger partial charge in [0.25, 0.3) is 0 Å². The minimum Gasteiger partial charge on any atom is -0.490 e. The number of carbonyl (C=O) groups is 1. The van der Waals surface area contributed by atoms with E-state index in [0.717, 1.165) is 39.0 Å². The maximum atomic E-state index is 12.9. The van der Waals surface area contributed by atoms with Crippen LogP contribution in [0.2, 0.25) is 0 Å². The number of nitrogens with one attached hydrogen (secondary N) is 1. The summed E-state index contributed by atoms with van der Waals surface area (Å²) < 4.78 is 18.7. The van der Waals surface area contributed by atoms with Gasteiger partial charge >= 0.3 is 0 Å². The standard InChI is InChI=1S/C17H23FN2O2.ClH/c1-12(13-10-19-11-13)17(21)20-8-6-16(7-9-20)22-15-4-2-14(18)3-5-15;/h2-5,12-13,16,19H,6-11H2,1H3;1H. The summed E-state index contributed by atoms with van der Waals surface area (Å²) in [7, 11) is 0. The van der Waals surface area contributed by atoms with Crippen LogP contribution in [0.25, 0.3) is 0 Å². The van der Waals surface area contributed by atoms with Crippen molar-refractivity contribution in [3.05, 3.63) is 30.1 Å². The first-order chi connectivity index (χ1) is 10.6. The number of amides is 1. The topological polar surface area (TPSA) is 41.6 Å². The second kappa shape index (κ2) is 7.97. The van der Waals surface area contributed by atoms with Crippen molar-refractivity contribution in [2.75, 3.05) is 26.2 Å². The Balaban J connectivity index is 0.00000192. The zero-order valence-corrected chi connectivity index (χ0v) is 14.2. The third kappa shape index (κ3) is 4.36. The molecule has 4 nitrogen and oxygen atoms in total. The number of rotatable bonds is 4. The number of ether oxygens (including phenoxy) is 1. The lowest BCUT2D eigenvalue weighted by atomic mass is 9.87. The Bertz CT molecular complexity index is 514. The van der Waals surface area contributed by atoms with Crippen LogP contribution in [0.3, 0.4) is 0 Å². The van der Waals surface area contributed by atoms with Gasteiger partial charge in [-0.25, -0.2) is 4.39 Å². The second-order valence-electron chi connectivity index (χ2n) is 6.30. The van der Waals surface area contributed by atoms with Gasteiger partial charge < -0.3 is 15.0 Å². The molecule has 1 aromatic carbocycles. The van der Waals surface area contributed by atoms with Gasteiger partial charge in [0.05, 0.1) is 0 Å². The molecule has 2 heterocycles. The third-order valence-corrected chi connectivity index (χ3v) is 4.78. The van der Waals surface area contributed by atoms with Gasteiger partial charge in [0.15, 0.2) is 0 Å². The van der Waals surface area contributed by atoms with Crippen molar-refractivity contribution in [3.63, 3.8) is 0 Å². The van der Waals surface area contributed by atoms with Crippen LogP contribution in [-0.2, 0) is 4.79 Å². The highest BCUT2D eigenvalue weighted by Crippen LogP contribution is 2.23. The number of benzene rings is 1. The molecule has 6 heteroatoms. The van der Waals surface area contributed by atoms with Gasteiger partial charge in [0.2, 0.25) is 5.91 Å². The molecule has 0 saturated carbocycles. The highest BCUT2D eigenvalue weighted by Gasteiger charge is 2.33. The Morgan fingerprint density at radius 3 is 2.39 bits per heavy atom. The fourth-order valence-electron chi connectivity index (χ4n) is 3.05. The van der Waals surface area contributed by atoms with E-state index >= 15 is 0 Å². The summed E-state index contributed by atoms with van der Waals surface area (Å²) in [4.78, 5) is 14.4. The molecule has 0 bridgehead atoms. The zero-order chi connectivity index (χ0) is 15.5. The van der Waals surface area contributed by atoms with E-state index in [1.54, 1.807) is 12.1 Å². The minimum atomic E-state index is -0.257. The molecule has 2 aliphatic heterocycles. The molecule has 0 aromatic heterocycles. The molecule has 0 spiro atoms. The Morgan fingerprint density at radius 1 is 1.26 bits per heavy atom. The Labute approximate surface area is 142 Å². The van der Waals surface area contributed by atoms with Gasteiger partial charge in [0, 0.05) is 31.8 Å². The molecular weight excluding hydrogens is 319 g/mol. The van der Waals surface area contributed by atoms with E-state index in [9.17, 15) is 9.18 Å². The number of hydrogen-bond acceptors (Lipinski definition) is 3. The lowest BCUT2D eigenvalue weighted by Crippen LogP contribution is -2.52. The van der Waals surface area contributed by atoms with E-state index in [1.165, 1.54) is 12.1 Å². The normalized spacial score (nSPS) is 20.3. The predicted molar refractivity (Wildman–Crippen MR) is 89.4 cm³/mol. The maximum Gasteiger partial charge on any atom is 0.225 e. The molecule has 128 valence electrons. The first kappa shape index (κ1) is 18.0. The first-order valence-corrected chi connectivity index (χ1v) is 8.05. The molecule has 1 unspecified atom stereocenters. The van der Waals surface area contributed by atoms with Crippen LogP contribution in [0.5, 0.6) is 5.75 Å². The summed E-state index contributed by atoms with van der Waals surface area (Å²) in [5, 5.41) is 3.22. The average Bonchev–Trinajstić information content (AvgIpc) is 2.48. The summed E-state index contributed by atoms with van der Waals surface area (Å²) in [6.45, 7) is 5.44. The van der Waals surface area contributed by atoms with Crippen molar-refractivity contribution in [2.24, 2.45) is 11.8 Å². The fraction of sp³-hybridized carbons (Fsp3) is 0.588. The molecule has 1 atom stereocenters. The summed E-state index contributed by atoms with van der Waals surface area (Å²) in [5.74, 6) is 1.30. The highest BCUT2D eigenvalue weighted by atomic mass is 35.5. The van der Waals surface area contributed by atoms with E-state index in [2.05, 4.69) is 5.32 Å². The Kier molecular flexibility index (Phi) is 6.25. The van der Waals surface area contributed by atoms with Crippen molar-refractivity contribution < 1.29 is 13.9 Å². The first-order valence-electron chi connectivity index (χ1n) is 8.05. The van der Waals surface area contributed by atoms with E-state index in [-0.39, 0.29) is 36.2 Å². The molecule has 3 rings (SSSR count). The molecule has 1 amide bonds. The van der Waals surface area contributed by atoms with Crippen molar-refractivity contribution in [2.45, 2.75) is 25.9 Å². The van der Waals surface area contributed by atoms with Crippen molar-refractivity contribution in [3.8, 4) is 5.75 Å². The van der Waals surface area contributed by atoms with Gasteiger partial charge in [-0.15, -0.1) is 12.4 Å². The number of hydrogen-bond donors (Lipinski definition) is 1. The van der Waals surface area contributed by atoms with Gasteiger partial charge in [-0.2, -0.15) is 0 Å². The van der Waals surface area contributed by atoms with Gasteiger partial charge in [0.1, 0.15) is 17.7 Å². The quantitative estimate of drug-likeness (QED) is 0.914. The molecule has 0 radical (unpaired) electrons. The van der Waals surface area contributed by atoms with Crippen LogP contribution in [0, 0.1) is 17.7 Å². The van der Waals surface area contributed by atoms with Crippen LogP contribution in [0.4, 0.5) is 4.39 Å². The smallest absolute Gasteiger partial charge is 0.225 e. The van der Waals surface area contributed by atoms with Crippen LogP contribution >= 0.6 is 12.4 Å². The third-order valence-electron chi connectivity index (χ3n) is 4.78. The summed E-state index contributed by atoms with van der Waals surface area (Å²) in [6, 6.07) is 6.11. The summed E-state index contributed by atoms with van der Waals surface area (Å²) in [5.41, 5.74) is 0. The lowest BCUT2D eigenvalue weighted by molar-refractivity contribution is -0.139. The fourth-order valence-corrected chi connectivity index (χ4v) is 3.05. The molecule has 2 fully saturated rings. The van der Waals surface area contributed by atoms with Crippen molar-refractivity contribution >= 4 is 18.3 Å². The minimum absolute atomic E-state index is 0. The summed E-state index contributed by atoms with van der Waals surface area (Å²) in [6.07, 6.45) is 1.77. The van der Waals surface area contributed by atoms with E-state index in [4.69, 9.17) is 4.74 Å². The van der Waals surface area contributed by atoms with E-state index in [0.29, 0.717) is 11.7 Å². The number of piperidine rings is 1. The predicted octanol–water partition coefficient (Wildman–Crippen LogP) is 2.47. The molecule has 1 N–H and O–H groups in total. The van der Waals surface area contributed by atoms with Crippen LogP contribution in [-0.4, -0.2) is 43.1 Å². The van der Waals surface area contributed by atoms with E-state index < -0.39 is 0 Å². The van der Waals surface area contributed by atoms with Crippen molar-refractivity contribution in [1.82, 2.24) is 10.2 Å². The largest absolute Gasteiger partial charge is 0.490 e. The molecule has 1 aromatic rings. The van der Waals surface area contributed by atoms with Crippen LogP contribution in [0.15, 0.2) is 24.3 Å². The molecule has 23 heavy (non-hydrogen) atoms. The molecular formula is C17H24ClFN2O2. The monoisotopic (exact) mass is 342 g/mol. The van der Waals surface area contributed by atoms with Gasteiger partial charge in [-0.05, 0) is 43.3 Å². The molecule has 2 saturated heterocycles. The molecule has 2 aliphatic rings. The highest BCUT2D eigenvalue weighted by molar-refractivity contribution is 5.85. The van der Waals surface area contributed by atoms with Gasteiger partial charge in [-0.3, -0.25) is 4.79 Å². The van der Waals surface area contributed by atoms with Gasteiger partial charge in [-0.1, -0.05) is 6.92 Å². The Hall–Kier alpha value is -1.33. The summed E-state index contributed by atoms with van der Waals surface area (Å²) >= 11 is 0. The van der Waals surface area contributed by atoms with E-state index in [1.807, 2.05) is 11.8 Å². The maximum absolute atomic E-state index is 12.9. The zero-order valence-electron chi connectivity index (χ0n) is 13.3. The number of nitrogens with zero attached hydrogens (tertiary/aromatic N) is 1.